The molecule has 0 bridgehead atoms. The summed E-state index contributed by atoms with van der Waals surface area (Å²) in [4.78, 5) is 0. The SMILES string of the molecule is CCc1cc(CC)n(C2CCCC(CO)(NC3CC3)C2)n1. The lowest BCUT2D eigenvalue weighted by Gasteiger charge is -2.41. The number of aryl methyl sites for hydroxylation is 2. The van der Waals surface area contributed by atoms with Crippen LogP contribution in [0.3, 0.4) is 0 Å². The van der Waals surface area contributed by atoms with Crippen molar-refractivity contribution in [2.75, 3.05) is 6.61 Å². The van der Waals surface area contributed by atoms with Crippen molar-refractivity contribution in [1.82, 2.24) is 15.1 Å². The van der Waals surface area contributed by atoms with Gasteiger partial charge in [0.25, 0.3) is 0 Å². The van der Waals surface area contributed by atoms with Crippen molar-refractivity contribution in [3.63, 3.8) is 0 Å². The van der Waals surface area contributed by atoms with Gasteiger partial charge in [0.1, 0.15) is 0 Å². The summed E-state index contributed by atoms with van der Waals surface area (Å²) in [6, 6.07) is 3.33. The Morgan fingerprint density at radius 1 is 1.33 bits per heavy atom. The largest absolute Gasteiger partial charge is 0.394 e. The minimum atomic E-state index is -0.0760. The topological polar surface area (TPSA) is 50.1 Å². The number of hydrogen-bond acceptors (Lipinski definition) is 3. The molecule has 0 aliphatic heterocycles. The number of hydrogen-bond donors (Lipinski definition) is 2. The molecule has 1 heterocycles. The van der Waals surface area contributed by atoms with Crippen molar-refractivity contribution in [2.45, 2.75) is 82.8 Å². The first-order valence-corrected chi connectivity index (χ1v) is 8.65. The lowest BCUT2D eigenvalue weighted by molar-refractivity contribution is 0.0919. The normalized spacial score (nSPS) is 29.8. The van der Waals surface area contributed by atoms with Crippen molar-refractivity contribution in [3.05, 3.63) is 17.5 Å². The maximum Gasteiger partial charge on any atom is 0.0624 e. The zero-order chi connectivity index (χ0) is 14.9. The van der Waals surface area contributed by atoms with Gasteiger partial charge in [-0.05, 0) is 57.4 Å². The van der Waals surface area contributed by atoms with E-state index in [1.807, 2.05) is 0 Å². The van der Waals surface area contributed by atoms with E-state index in [1.165, 1.54) is 37.1 Å². The van der Waals surface area contributed by atoms with Crippen LogP contribution in [0, 0.1) is 0 Å². The minimum absolute atomic E-state index is 0.0760. The van der Waals surface area contributed by atoms with E-state index in [-0.39, 0.29) is 12.1 Å². The number of nitrogens with zero attached hydrogens (tertiary/aromatic N) is 2. The highest BCUT2D eigenvalue weighted by atomic mass is 16.3. The molecule has 4 heteroatoms. The predicted molar refractivity (Wildman–Crippen MR) is 84.5 cm³/mol. The van der Waals surface area contributed by atoms with Crippen LogP contribution in [0.5, 0.6) is 0 Å². The van der Waals surface area contributed by atoms with Crippen LogP contribution in [0.2, 0.25) is 0 Å². The molecular formula is C17H29N3O. The molecule has 0 amide bonds. The van der Waals surface area contributed by atoms with Crippen molar-refractivity contribution >= 4 is 0 Å². The summed E-state index contributed by atoms with van der Waals surface area (Å²) < 4.78 is 2.26. The fourth-order valence-electron chi connectivity index (χ4n) is 3.76. The van der Waals surface area contributed by atoms with E-state index in [0.717, 1.165) is 25.7 Å². The molecule has 2 atom stereocenters. The van der Waals surface area contributed by atoms with Crippen molar-refractivity contribution < 1.29 is 5.11 Å². The third kappa shape index (κ3) is 3.16. The highest BCUT2D eigenvalue weighted by Gasteiger charge is 2.40. The molecule has 1 aromatic rings. The van der Waals surface area contributed by atoms with Crippen LogP contribution in [0.25, 0.3) is 0 Å². The average molecular weight is 291 g/mol. The fraction of sp³-hybridized carbons (Fsp3) is 0.824. The second-order valence-electron chi connectivity index (χ2n) is 6.89. The number of aliphatic hydroxyl groups excluding tert-OH is 1. The van der Waals surface area contributed by atoms with Gasteiger partial charge in [-0.25, -0.2) is 0 Å². The van der Waals surface area contributed by atoms with Gasteiger partial charge in [-0.2, -0.15) is 5.10 Å². The molecule has 2 aliphatic rings. The summed E-state index contributed by atoms with van der Waals surface area (Å²) in [7, 11) is 0. The van der Waals surface area contributed by atoms with Crippen molar-refractivity contribution in [1.29, 1.82) is 0 Å². The Morgan fingerprint density at radius 3 is 2.76 bits per heavy atom. The van der Waals surface area contributed by atoms with E-state index >= 15 is 0 Å². The molecule has 0 aromatic carbocycles. The quantitative estimate of drug-likeness (QED) is 0.847. The summed E-state index contributed by atoms with van der Waals surface area (Å²) in [5.74, 6) is 0. The first-order valence-electron chi connectivity index (χ1n) is 8.65. The molecule has 1 aromatic heterocycles. The van der Waals surface area contributed by atoms with Crippen LogP contribution in [0.4, 0.5) is 0 Å². The second-order valence-corrected chi connectivity index (χ2v) is 6.89. The van der Waals surface area contributed by atoms with Gasteiger partial charge in [-0.15, -0.1) is 0 Å². The van der Waals surface area contributed by atoms with E-state index in [2.05, 4.69) is 29.9 Å². The summed E-state index contributed by atoms with van der Waals surface area (Å²) in [5, 5.41) is 18.5. The summed E-state index contributed by atoms with van der Waals surface area (Å²) in [5.41, 5.74) is 2.46. The Hall–Kier alpha value is -0.870. The number of aromatic nitrogens is 2. The molecular weight excluding hydrogens is 262 g/mol. The van der Waals surface area contributed by atoms with E-state index in [0.29, 0.717) is 12.1 Å². The van der Waals surface area contributed by atoms with Crippen LogP contribution in [-0.4, -0.2) is 33.1 Å². The predicted octanol–water partition coefficient (Wildman–Crippen LogP) is 2.61. The maximum atomic E-state index is 9.97. The Balaban J connectivity index is 1.79. The molecule has 2 unspecified atom stereocenters. The molecule has 118 valence electrons. The van der Waals surface area contributed by atoms with Gasteiger partial charge in [-0.3, -0.25) is 4.68 Å². The molecule has 0 spiro atoms. The zero-order valence-electron chi connectivity index (χ0n) is 13.4. The van der Waals surface area contributed by atoms with Crippen molar-refractivity contribution in [2.24, 2.45) is 0 Å². The van der Waals surface area contributed by atoms with Gasteiger partial charge < -0.3 is 10.4 Å². The second kappa shape index (κ2) is 6.09. The van der Waals surface area contributed by atoms with Gasteiger partial charge in [0, 0.05) is 17.3 Å². The highest BCUT2D eigenvalue weighted by molar-refractivity contribution is 5.12. The van der Waals surface area contributed by atoms with Gasteiger partial charge >= 0.3 is 0 Å². The van der Waals surface area contributed by atoms with Crippen LogP contribution in [-0.2, 0) is 12.8 Å². The zero-order valence-corrected chi connectivity index (χ0v) is 13.4. The van der Waals surface area contributed by atoms with E-state index in [4.69, 9.17) is 5.10 Å². The molecule has 2 fully saturated rings. The number of aliphatic hydroxyl groups is 1. The van der Waals surface area contributed by atoms with E-state index in [9.17, 15) is 5.11 Å². The molecule has 2 N–H and O–H groups in total. The van der Waals surface area contributed by atoms with Crippen LogP contribution in [0.1, 0.15) is 69.8 Å². The van der Waals surface area contributed by atoms with Gasteiger partial charge in [-0.1, -0.05) is 13.8 Å². The molecule has 21 heavy (non-hydrogen) atoms. The first kappa shape index (κ1) is 15.0. The summed E-state index contributed by atoms with van der Waals surface area (Å²) in [6.45, 7) is 4.63. The first-order chi connectivity index (χ1) is 10.2. The number of nitrogens with one attached hydrogen (secondary N) is 1. The summed E-state index contributed by atoms with van der Waals surface area (Å²) in [6.07, 6.45) is 9.05. The Labute approximate surface area is 127 Å². The summed E-state index contributed by atoms with van der Waals surface area (Å²) >= 11 is 0. The van der Waals surface area contributed by atoms with Crippen LogP contribution >= 0.6 is 0 Å². The molecule has 4 nitrogen and oxygen atoms in total. The third-order valence-electron chi connectivity index (χ3n) is 5.14. The molecule has 0 saturated heterocycles. The fourth-order valence-corrected chi connectivity index (χ4v) is 3.76. The Morgan fingerprint density at radius 2 is 2.14 bits per heavy atom. The monoisotopic (exact) mass is 291 g/mol. The molecule has 3 rings (SSSR count). The number of rotatable bonds is 6. The smallest absolute Gasteiger partial charge is 0.0624 e. The lowest BCUT2D eigenvalue weighted by Crippen LogP contribution is -2.53. The molecule has 2 aliphatic carbocycles. The van der Waals surface area contributed by atoms with E-state index < -0.39 is 0 Å². The van der Waals surface area contributed by atoms with Gasteiger partial charge in [0.05, 0.1) is 18.3 Å². The minimum Gasteiger partial charge on any atom is -0.394 e. The van der Waals surface area contributed by atoms with Crippen molar-refractivity contribution in [3.8, 4) is 0 Å². The van der Waals surface area contributed by atoms with E-state index in [1.54, 1.807) is 0 Å². The van der Waals surface area contributed by atoms with Crippen LogP contribution < -0.4 is 5.32 Å². The third-order valence-corrected chi connectivity index (χ3v) is 5.14. The average Bonchev–Trinajstić information content (AvgIpc) is 3.22. The van der Waals surface area contributed by atoms with Crippen LogP contribution in [0.15, 0.2) is 6.07 Å². The maximum absolute atomic E-state index is 9.97. The van der Waals surface area contributed by atoms with Gasteiger partial charge in [0.15, 0.2) is 0 Å². The van der Waals surface area contributed by atoms with Gasteiger partial charge in [0.2, 0.25) is 0 Å². The highest BCUT2D eigenvalue weighted by Crippen LogP contribution is 2.38. The molecule has 2 saturated carbocycles. The standard InChI is InChI=1S/C17H29N3O/c1-3-13-10-15(4-2)20(19-13)16-6-5-9-17(11-16,12-21)18-14-7-8-14/h10,14,16,18,21H,3-9,11-12H2,1-2H3. The lowest BCUT2D eigenvalue weighted by atomic mass is 9.79. The Bertz CT molecular complexity index is 480. The Kier molecular flexibility index (Phi) is 4.36. The molecule has 0 radical (unpaired) electrons.